The lowest BCUT2D eigenvalue weighted by Gasteiger charge is -2.05. The molecule has 0 atom stereocenters. The average Bonchev–Trinajstić information content (AvgIpc) is 3.26. The van der Waals surface area contributed by atoms with Gasteiger partial charge >= 0.3 is 0 Å². The Morgan fingerprint density at radius 3 is 2.73 bits per heavy atom. The molecule has 0 saturated carbocycles. The van der Waals surface area contributed by atoms with Crippen molar-refractivity contribution in [2.24, 2.45) is 7.05 Å². The second-order valence-electron chi connectivity index (χ2n) is 5.56. The molecule has 0 radical (unpaired) electrons. The van der Waals surface area contributed by atoms with E-state index < -0.39 is 0 Å². The lowest BCUT2D eigenvalue weighted by Crippen LogP contribution is -2.13. The van der Waals surface area contributed by atoms with Crippen molar-refractivity contribution in [3.63, 3.8) is 0 Å². The van der Waals surface area contributed by atoms with E-state index in [1.165, 1.54) is 16.0 Å². The molecule has 0 unspecified atom stereocenters. The summed E-state index contributed by atoms with van der Waals surface area (Å²) in [5, 5.41) is 11.6. The highest BCUT2D eigenvalue weighted by Gasteiger charge is 2.16. The molecule has 134 valence electrons. The molecule has 2 aromatic heterocycles. The summed E-state index contributed by atoms with van der Waals surface area (Å²) in [7, 11) is 1.68. The van der Waals surface area contributed by atoms with Crippen LogP contribution in [0.2, 0.25) is 0 Å². The summed E-state index contributed by atoms with van der Waals surface area (Å²) >= 11 is 3.07. The van der Waals surface area contributed by atoms with Gasteiger partial charge in [0.05, 0.1) is 4.88 Å². The molecule has 8 heteroatoms. The number of benzene rings is 1. The molecule has 3 aromatic rings. The number of carbonyl (C=O) groups excluding carboxylic acids is 2. The largest absolute Gasteiger partial charge is 0.321 e. The normalized spacial score (nSPS) is 10.5. The molecule has 0 aliphatic heterocycles. The Morgan fingerprint density at radius 1 is 1.15 bits per heavy atom. The number of nitrogens with zero attached hydrogens (tertiary/aromatic N) is 2. The van der Waals surface area contributed by atoms with Gasteiger partial charge in [-0.15, -0.1) is 11.3 Å². The Labute approximate surface area is 159 Å². The standard InChI is InChI=1S/C18H18N4O2S2/c1-22-16(20-18(24)15-7-4-8-26-15)10-14(21-22)17(23)19-13-6-3-5-12(9-13)11-25-2/h3-10H,11H2,1-2H3,(H,19,23)(H,20,24). The first-order valence-electron chi connectivity index (χ1n) is 7.85. The topological polar surface area (TPSA) is 76.0 Å². The highest BCUT2D eigenvalue weighted by Crippen LogP contribution is 2.17. The summed E-state index contributed by atoms with van der Waals surface area (Å²) in [6, 6.07) is 12.8. The number of thiophene rings is 1. The van der Waals surface area contributed by atoms with E-state index in [0.29, 0.717) is 10.7 Å². The SMILES string of the molecule is CSCc1cccc(NC(=O)c2cc(NC(=O)c3cccs3)n(C)n2)c1. The quantitative estimate of drug-likeness (QED) is 0.675. The van der Waals surface area contributed by atoms with Gasteiger partial charge < -0.3 is 10.6 Å². The van der Waals surface area contributed by atoms with Crippen molar-refractivity contribution in [2.75, 3.05) is 16.9 Å². The zero-order valence-electron chi connectivity index (χ0n) is 14.4. The minimum atomic E-state index is -0.321. The fourth-order valence-electron chi connectivity index (χ4n) is 2.38. The zero-order valence-corrected chi connectivity index (χ0v) is 16.0. The molecular formula is C18H18N4O2S2. The maximum Gasteiger partial charge on any atom is 0.276 e. The third-order valence-electron chi connectivity index (χ3n) is 3.59. The molecule has 0 spiro atoms. The molecule has 2 N–H and O–H groups in total. The number of hydrogen-bond acceptors (Lipinski definition) is 5. The Kier molecular flexibility index (Phi) is 5.75. The van der Waals surface area contributed by atoms with Crippen molar-refractivity contribution in [1.29, 1.82) is 0 Å². The second kappa shape index (κ2) is 8.20. The molecule has 0 fully saturated rings. The van der Waals surface area contributed by atoms with Crippen LogP contribution in [0.4, 0.5) is 11.5 Å². The van der Waals surface area contributed by atoms with E-state index in [9.17, 15) is 9.59 Å². The van der Waals surface area contributed by atoms with E-state index >= 15 is 0 Å². The molecule has 2 amide bonds. The van der Waals surface area contributed by atoms with Crippen LogP contribution in [-0.4, -0.2) is 27.9 Å². The van der Waals surface area contributed by atoms with Crippen LogP contribution in [0.25, 0.3) is 0 Å². The van der Waals surface area contributed by atoms with Gasteiger partial charge in [0.1, 0.15) is 5.82 Å². The first-order valence-corrected chi connectivity index (χ1v) is 10.1. The van der Waals surface area contributed by atoms with Crippen LogP contribution in [0.1, 0.15) is 25.7 Å². The summed E-state index contributed by atoms with van der Waals surface area (Å²) in [4.78, 5) is 25.2. The predicted octanol–water partition coefficient (Wildman–Crippen LogP) is 3.85. The molecule has 0 bridgehead atoms. The molecule has 0 aliphatic rings. The number of anilines is 2. The third kappa shape index (κ3) is 4.33. The number of amides is 2. The monoisotopic (exact) mass is 386 g/mol. The van der Waals surface area contributed by atoms with Crippen molar-refractivity contribution in [3.8, 4) is 0 Å². The summed E-state index contributed by atoms with van der Waals surface area (Å²) in [5.41, 5.74) is 2.10. The minimum Gasteiger partial charge on any atom is -0.321 e. The lowest BCUT2D eigenvalue weighted by molar-refractivity contribution is 0.101. The predicted molar refractivity (Wildman–Crippen MR) is 107 cm³/mol. The molecule has 1 aromatic carbocycles. The molecule has 2 heterocycles. The first kappa shape index (κ1) is 18.2. The van der Waals surface area contributed by atoms with Crippen molar-refractivity contribution in [1.82, 2.24) is 9.78 Å². The molecular weight excluding hydrogens is 368 g/mol. The summed E-state index contributed by atoms with van der Waals surface area (Å²) < 4.78 is 1.48. The van der Waals surface area contributed by atoms with Gasteiger partial charge in [0.15, 0.2) is 5.69 Å². The van der Waals surface area contributed by atoms with Gasteiger partial charge in [0.2, 0.25) is 0 Å². The summed E-state index contributed by atoms with van der Waals surface area (Å²) in [6.45, 7) is 0. The van der Waals surface area contributed by atoms with Gasteiger partial charge in [0.25, 0.3) is 11.8 Å². The fraction of sp³-hybridized carbons (Fsp3) is 0.167. The summed E-state index contributed by atoms with van der Waals surface area (Å²) in [6.07, 6.45) is 2.03. The molecule has 0 saturated heterocycles. The Balaban J connectivity index is 1.70. The average molecular weight is 387 g/mol. The maximum absolute atomic E-state index is 12.5. The minimum absolute atomic E-state index is 0.222. The zero-order chi connectivity index (χ0) is 18.5. The number of carbonyl (C=O) groups is 2. The highest BCUT2D eigenvalue weighted by atomic mass is 32.2. The van der Waals surface area contributed by atoms with Crippen LogP contribution in [-0.2, 0) is 12.8 Å². The molecule has 6 nitrogen and oxygen atoms in total. The first-order chi connectivity index (χ1) is 12.6. The Morgan fingerprint density at radius 2 is 2.00 bits per heavy atom. The molecule has 3 rings (SSSR count). The van der Waals surface area contributed by atoms with Crippen molar-refractivity contribution >= 4 is 46.4 Å². The van der Waals surface area contributed by atoms with Crippen LogP contribution < -0.4 is 10.6 Å². The van der Waals surface area contributed by atoms with Crippen LogP contribution in [0, 0.1) is 0 Å². The van der Waals surface area contributed by atoms with Gasteiger partial charge in [-0.3, -0.25) is 14.3 Å². The van der Waals surface area contributed by atoms with Gasteiger partial charge in [-0.05, 0) is 35.4 Å². The van der Waals surface area contributed by atoms with E-state index in [4.69, 9.17) is 0 Å². The van der Waals surface area contributed by atoms with Gasteiger partial charge in [-0.2, -0.15) is 16.9 Å². The second-order valence-corrected chi connectivity index (χ2v) is 7.37. The van der Waals surface area contributed by atoms with E-state index in [1.54, 1.807) is 30.9 Å². The van der Waals surface area contributed by atoms with E-state index in [-0.39, 0.29) is 17.5 Å². The van der Waals surface area contributed by atoms with Crippen LogP contribution in [0.3, 0.4) is 0 Å². The van der Waals surface area contributed by atoms with Gasteiger partial charge in [0, 0.05) is 24.6 Å². The lowest BCUT2D eigenvalue weighted by atomic mass is 10.2. The van der Waals surface area contributed by atoms with Crippen LogP contribution in [0.5, 0.6) is 0 Å². The summed E-state index contributed by atoms with van der Waals surface area (Å²) in [5.74, 6) is 0.801. The van der Waals surface area contributed by atoms with Gasteiger partial charge in [-0.1, -0.05) is 18.2 Å². The van der Waals surface area contributed by atoms with Crippen LogP contribution in [0.15, 0.2) is 47.8 Å². The van der Waals surface area contributed by atoms with Crippen molar-refractivity contribution < 1.29 is 9.59 Å². The number of aromatic nitrogens is 2. The number of rotatable bonds is 6. The van der Waals surface area contributed by atoms with E-state index in [1.807, 2.05) is 42.0 Å². The molecule has 0 aliphatic carbocycles. The van der Waals surface area contributed by atoms with Crippen LogP contribution >= 0.6 is 23.1 Å². The number of thioether (sulfide) groups is 1. The third-order valence-corrected chi connectivity index (χ3v) is 5.09. The fourth-order valence-corrected chi connectivity index (χ4v) is 3.51. The number of hydrogen-bond donors (Lipinski definition) is 2. The highest BCUT2D eigenvalue weighted by molar-refractivity contribution is 7.97. The number of aryl methyl sites for hydroxylation is 1. The maximum atomic E-state index is 12.5. The number of nitrogens with one attached hydrogen (secondary N) is 2. The van der Waals surface area contributed by atoms with Crippen molar-refractivity contribution in [2.45, 2.75) is 5.75 Å². The van der Waals surface area contributed by atoms with Gasteiger partial charge in [-0.25, -0.2) is 0 Å². The van der Waals surface area contributed by atoms with E-state index in [0.717, 1.165) is 17.0 Å². The Bertz CT molecular complexity index is 919. The molecule has 26 heavy (non-hydrogen) atoms. The Hall–Kier alpha value is -2.58. The smallest absolute Gasteiger partial charge is 0.276 e. The van der Waals surface area contributed by atoms with E-state index in [2.05, 4.69) is 15.7 Å². The van der Waals surface area contributed by atoms with Crippen molar-refractivity contribution in [3.05, 3.63) is 64.0 Å².